The molecule has 24 heavy (non-hydrogen) atoms. The van der Waals surface area contributed by atoms with Crippen molar-refractivity contribution in [2.45, 2.75) is 18.0 Å². The summed E-state index contributed by atoms with van der Waals surface area (Å²) in [7, 11) is -2.27. The number of aryl methyl sites for hydroxylation is 1. The number of hydrogen-bond donors (Lipinski definition) is 3. The summed E-state index contributed by atoms with van der Waals surface area (Å²) in [5, 5.41) is 5.57. The maximum atomic E-state index is 12.5. The van der Waals surface area contributed by atoms with E-state index >= 15 is 0 Å². The monoisotopic (exact) mass is 347 g/mol. The molecule has 0 radical (unpaired) electrons. The average Bonchev–Trinajstić information content (AvgIpc) is 2.54. The van der Waals surface area contributed by atoms with Gasteiger partial charge in [-0.05, 0) is 36.8 Å². The summed E-state index contributed by atoms with van der Waals surface area (Å²) in [4.78, 5) is 12.6. The van der Waals surface area contributed by atoms with Crippen LogP contribution in [0.2, 0.25) is 0 Å². The Morgan fingerprint density at radius 3 is 2.71 bits per heavy atom. The van der Waals surface area contributed by atoms with Crippen LogP contribution in [0.3, 0.4) is 0 Å². The first-order valence-electron chi connectivity index (χ1n) is 7.24. The van der Waals surface area contributed by atoms with Crippen molar-refractivity contribution < 1.29 is 17.9 Å². The highest BCUT2D eigenvalue weighted by atomic mass is 32.2. The maximum Gasteiger partial charge on any atom is 0.263 e. The van der Waals surface area contributed by atoms with Crippen LogP contribution < -0.4 is 20.1 Å². The first-order chi connectivity index (χ1) is 11.4. The molecule has 1 heterocycles. The Bertz CT molecular complexity index is 896. The van der Waals surface area contributed by atoms with Crippen LogP contribution in [0, 0.1) is 6.92 Å². The predicted molar refractivity (Wildman–Crippen MR) is 90.5 cm³/mol. The molecule has 8 heteroatoms. The fraction of sp³-hybridized carbons (Fsp3) is 0.188. The normalized spacial score (nSPS) is 18.2. The van der Waals surface area contributed by atoms with Crippen molar-refractivity contribution in [1.29, 1.82) is 0 Å². The lowest BCUT2D eigenvalue weighted by atomic mass is 10.2. The van der Waals surface area contributed by atoms with Crippen LogP contribution in [0.5, 0.6) is 5.75 Å². The molecule has 0 bridgehead atoms. The molecule has 1 aliphatic rings. The number of carbonyl (C=O) groups is 1. The Balaban J connectivity index is 1.87. The zero-order chi connectivity index (χ0) is 17.3. The number of benzene rings is 2. The number of ether oxygens (including phenoxy) is 1. The van der Waals surface area contributed by atoms with E-state index in [1.807, 2.05) is 6.92 Å². The molecule has 1 aliphatic heterocycles. The molecule has 1 atom stereocenters. The highest BCUT2D eigenvalue weighted by molar-refractivity contribution is 7.89. The number of amides is 1. The number of rotatable bonds is 3. The SMILES string of the molecule is COc1ccccc1NC(=O)C1Nc2cc(C)ccc2S(=O)(=O)N1. The fourth-order valence-corrected chi connectivity index (χ4v) is 3.72. The summed E-state index contributed by atoms with van der Waals surface area (Å²) >= 11 is 0. The Morgan fingerprint density at radius 2 is 1.96 bits per heavy atom. The number of carbonyl (C=O) groups excluding carboxylic acids is 1. The number of fused-ring (bicyclic) bond motifs is 1. The molecule has 0 saturated heterocycles. The smallest absolute Gasteiger partial charge is 0.263 e. The minimum atomic E-state index is -3.77. The van der Waals surface area contributed by atoms with Crippen molar-refractivity contribution in [3.8, 4) is 5.75 Å². The van der Waals surface area contributed by atoms with Crippen molar-refractivity contribution >= 4 is 27.3 Å². The number of sulfonamides is 1. The maximum absolute atomic E-state index is 12.5. The van der Waals surface area contributed by atoms with E-state index in [0.29, 0.717) is 17.1 Å². The number of para-hydroxylation sites is 2. The zero-order valence-electron chi connectivity index (χ0n) is 13.2. The first kappa shape index (κ1) is 16.3. The van der Waals surface area contributed by atoms with Crippen LogP contribution in [0.15, 0.2) is 47.4 Å². The van der Waals surface area contributed by atoms with Crippen LogP contribution in [-0.2, 0) is 14.8 Å². The highest BCUT2D eigenvalue weighted by Gasteiger charge is 2.33. The van der Waals surface area contributed by atoms with Crippen LogP contribution in [0.1, 0.15) is 5.56 Å². The van der Waals surface area contributed by atoms with Gasteiger partial charge < -0.3 is 15.4 Å². The lowest BCUT2D eigenvalue weighted by molar-refractivity contribution is -0.117. The minimum absolute atomic E-state index is 0.120. The number of anilines is 2. The van der Waals surface area contributed by atoms with Gasteiger partial charge in [-0.25, -0.2) is 8.42 Å². The van der Waals surface area contributed by atoms with E-state index in [0.717, 1.165) is 5.56 Å². The van der Waals surface area contributed by atoms with E-state index in [1.165, 1.54) is 13.2 Å². The van der Waals surface area contributed by atoms with Crippen LogP contribution in [-0.4, -0.2) is 27.6 Å². The molecule has 0 aromatic heterocycles. The third-order valence-corrected chi connectivity index (χ3v) is 5.11. The van der Waals surface area contributed by atoms with Crippen LogP contribution >= 0.6 is 0 Å². The molecule has 0 spiro atoms. The third-order valence-electron chi connectivity index (χ3n) is 3.62. The third kappa shape index (κ3) is 3.06. The summed E-state index contributed by atoms with van der Waals surface area (Å²) in [5.41, 5.74) is 1.75. The molecule has 7 nitrogen and oxygen atoms in total. The molecule has 2 aromatic carbocycles. The van der Waals surface area contributed by atoms with Gasteiger partial charge in [0.1, 0.15) is 10.6 Å². The van der Waals surface area contributed by atoms with Crippen molar-refractivity contribution in [1.82, 2.24) is 4.72 Å². The first-order valence-corrected chi connectivity index (χ1v) is 8.72. The van der Waals surface area contributed by atoms with Gasteiger partial charge in [0.2, 0.25) is 10.0 Å². The van der Waals surface area contributed by atoms with Gasteiger partial charge in [0, 0.05) is 0 Å². The largest absolute Gasteiger partial charge is 0.495 e. The fourth-order valence-electron chi connectivity index (χ4n) is 2.47. The topological polar surface area (TPSA) is 96.5 Å². The van der Waals surface area contributed by atoms with E-state index in [2.05, 4.69) is 15.4 Å². The number of nitrogens with one attached hydrogen (secondary N) is 3. The lowest BCUT2D eigenvalue weighted by Crippen LogP contribution is -2.51. The van der Waals surface area contributed by atoms with Crippen molar-refractivity contribution in [2.24, 2.45) is 0 Å². The molecule has 0 fully saturated rings. The number of hydrogen-bond acceptors (Lipinski definition) is 5. The van der Waals surface area contributed by atoms with Gasteiger partial charge in [-0.1, -0.05) is 18.2 Å². The van der Waals surface area contributed by atoms with E-state index in [4.69, 9.17) is 4.74 Å². The second-order valence-corrected chi connectivity index (χ2v) is 7.07. The summed E-state index contributed by atoms with van der Waals surface area (Å²) in [6.07, 6.45) is -1.12. The van der Waals surface area contributed by atoms with Crippen LogP contribution in [0.4, 0.5) is 11.4 Å². The van der Waals surface area contributed by atoms with Gasteiger partial charge in [-0.15, -0.1) is 0 Å². The van der Waals surface area contributed by atoms with Gasteiger partial charge in [-0.3, -0.25) is 4.79 Å². The molecule has 1 amide bonds. The molecule has 2 aromatic rings. The van der Waals surface area contributed by atoms with Crippen molar-refractivity contribution in [2.75, 3.05) is 17.7 Å². The quantitative estimate of drug-likeness (QED) is 0.785. The molecule has 0 aliphatic carbocycles. The van der Waals surface area contributed by atoms with Gasteiger partial charge in [-0.2, -0.15) is 4.72 Å². The Labute approximate surface area is 140 Å². The molecule has 0 saturated carbocycles. The molecule has 1 unspecified atom stereocenters. The van der Waals surface area contributed by atoms with Crippen molar-refractivity contribution in [3.63, 3.8) is 0 Å². The zero-order valence-corrected chi connectivity index (χ0v) is 14.0. The molecular formula is C16H17N3O4S. The summed E-state index contributed by atoms with van der Waals surface area (Å²) in [5.74, 6) is -0.0454. The van der Waals surface area contributed by atoms with Gasteiger partial charge in [0.15, 0.2) is 6.17 Å². The molecule has 126 valence electrons. The Morgan fingerprint density at radius 1 is 1.21 bits per heavy atom. The van der Waals surface area contributed by atoms with Crippen LogP contribution in [0.25, 0.3) is 0 Å². The molecular weight excluding hydrogens is 330 g/mol. The molecule has 3 N–H and O–H groups in total. The van der Waals surface area contributed by atoms with E-state index < -0.39 is 22.1 Å². The van der Waals surface area contributed by atoms with Crippen molar-refractivity contribution in [3.05, 3.63) is 48.0 Å². The van der Waals surface area contributed by atoms with E-state index in [-0.39, 0.29) is 4.90 Å². The lowest BCUT2D eigenvalue weighted by Gasteiger charge is -2.27. The summed E-state index contributed by atoms with van der Waals surface area (Å²) in [6, 6.07) is 11.8. The standard InChI is InChI=1S/C16H17N3O4S/c1-10-7-8-14-12(9-10)17-15(19-24(14,21)22)16(20)18-11-5-3-4-6-13(11)23-2/h3-9,15,17,19H,1-2H3,(H,18,20). The number of methoxy groups -OCH3 is 1. The summed E-state index contributed by atoms with van der Waals surface area (Å²) in [6.45, 7) is 1.85. The highest BCUT2D eigenvalue weighted by Crippen LogP contribution is 2.28. The minimum Gasteiger partial charge on any atom is -0.495 e. The van der Waals surface area contributed by atoms with E-state index in [1.54, 1.807) is 36.4 Å². The Kier molecular flexibility index (Phi) is 4.16. The Hall–Kier alpha value is -2.58. The summed E-state index contributed by atoms with van der Waals surface area (Å²) < 4.78 is 32.1. The van der Waals surface area contributed by atoms with E-state index in [9.17, 15) is 13.2 Å². The van der Waals surface area contributed by atoms with Gasteiger partial charge in [0.05, 0.1) is 18.5 Å². The second-order valence-electron chi connectivity index (χ2n) is 5.39. The molecule has 3 rings (SSSR count). The average molecular weight is 347 g/mol. The van der Waals surface area contributed by atoms with Gasteiger partial charge in [0.25, 0.3) is 5.91 Å². The predicted octanol–water partition coefficient (Wildman–Crippen LogP) is 1.67. The second kappa shape index (κ2) is 6.14. The van der Waals surface area contributed by atoms with Gasteiger partial charge >= 0.3 is 0 Å².